The Bertz CT molecular complexity index is 1080. The van der Waals surface area contributed by atoms with Crippen molar-refractivity contribution in [2.24, 2.45) is 0 Å². The number of anilines is 1. The first kappa shape index (κ1) is 27.3. The number of nitrogens with zero attached hydrogens (tertiary/aromatic N) is 2. The number of ether oxygens (including phenoxy) is 2. The molecule has 4 rings (SSSR count). The fourth-order valence-corrected chi connectivity index (χ4v) is 5.34. The average Bonchev–Trinajstić information content (AvgIpc) is 3.33. The largest absolute Gasteiger partial charge is 0.493 e. The topological polar surface area (TPSA) is 83.9 Å². The van der Waals surface area contributed by atoms with Crippen molar-refractivity contribution in [3.63, 3.8) is 0 Å². The average molecular weight is 514 g/mol. The summed E-state index contributed by atoms with van der Waals surface area (Å²) >= 11 is 0. The van der Waals surface area contributed by atoms with Gasteiger partial charge in [-0.1, -0.05) is 26.3 Å². The number of aromatic nitrogens is 1. The molecule has 8 heteroatoms. The van der Waals surface area contributed by atoms with Crippen molar-refractivity contribution in [2.45, 2.75) is 76.9 Å². The Morgan fingerprint density at radius 3 is 2.86 bits per heavy atom. The number of halogens is 1. The monoisotopic (exact) mass is 513 g/mol. The van der Waals surface area contributed by atoms with Gasteiger partial charge in [-0.05, 0) is 73.8 Å². The third-order valence-electron chi connectivity index (χ3n) is 7.42. The lowest BCUT2D eigenvalue weighted by Gasteiger charge is -2.27. The highest BCUT2D eigenvalue weighted by Crippen LogP contribution is 2.37. The molecule has 2 aromatic rings. The highest BCUT2D eigenvalue weighted by atomic mass is 19.1. The SMILES string of the molecule is COc1c(F)cc(C(C)C)cc1[C@H](C(=O)O)N1CC[C@H](OCCCCCc2ccc3c(n2)NCCC3)C1. The molecule has 0 spiro atoms. The zero-order valence-corrected chi connectivity index (χ0v) is 22.3. The summed E-state index contributed by atoms with van der Waals surface area (Å²) < 4.78 is 26.1. The van der Waals surface area contributed by atoms with E-state index in [9.17, 15) is 14.3 Å². The Labute approximate surface area is 219 Å². The number of aliphatic carboxylic acids is 1. The fourth-order valence-electron chi connectivity index (χ4n) is 5.34. The molecule has 0 bridgehead atoms. The lowest BCUT2D eigenvalue weighted by molar-refractivity contribution is -0.143. The Morgan fingerprint density at radius 1 is 1.27 bits per heavy atom. The number of rotatable bonds is 12. The van der Waals surface area contributed by atoms with Gasteiger partial charge in [0.1, 0.15) is 11.9 Å². The van der Waals surface area contributed by atoms with Crippen molar-refractivity contribution in [1.82, 2.24) is 9.88 Å². The highest BCUT2D eigenvalue weighted by Gasteiger charge is 2.36. The summed E-state index contributed by atoms with van der Waals surface area (Å²) in [6.07, 6.45) is 7.03. The van der Waals surface area contributed by atoms with Crippen LogP contribution in [-0.4, -0.2) is 60.4 Å². The molecule has 0 aliphatic carbocycles. The van der Waals surface area contributed by atoms with E-state index < -0.39 is 17.8 Å². The number of carboxylic acids is 1. The van der Waals surface area contributed by atoms with Gasteiger partial charge in [-0.25, -0.2) is 9.37 Å². The number of methoxy groups -OCH3 is 1. The van der Waals surface area contributed by atoms with Gasteiger partial charge < -0.3 is 19.9 Å². The first-order valence-corrected chi connectivity index (χ1v) is 13.6. The van der Waals surface area contributed by atoms with Crippen LogP contribution in [0.2, 0.25) is 0 Å². The lowest BCUT2D eigenvalue weighted by Crippen LogP contribution is -2.34. The maximum Gasteiger partial charge on any atom is 0.325 e. The van der Waals surface area contributed by atoms with Crippen LogP contribution in [0.1, 0.15) is 80.3 Å². The third kappa shape index (κ3) is 6.79. The zero-order valence-electron chi connectivity index (χ0n) is 22.3. The molecule has 0 unspecified atom stereocenters. The summed E-state index contributed by atoms with van der Waals surface area (Å²) in [6, 6.07) is 6.57. The number of fused-ring (bicyclic) bond motifs is 1. The van der Waals surface area contributed by atoms with Crippen LogP contribution in [0.15, 0.2) is 24.3 Å². The van der Waals surface area contributed by atoms with Gasteiger partial charge in [0.15, 0.2) is 11.6 Å². The highest BCUT2D eigenvalue weighted by molar-refractivity contribution is 5.77. The van der Waals surface area contributed by atoms with Gasteiger partial charge in [0, 0.05) is 37.5 Å². The number of likely N-dealkylation sites (tertiary alicyclic amines) is 1. The quantitative estimate of drug-likeness (QED) is 0.371. The van der Waals surface area contributed by atoms with Crippen molar-refractivity contribution in [2.75, 3.05) is 38.7 Å². The van der Waals surface area contributed by atoms with Gasteiger partial charge >= 0.3 is 5.97 Å². The summed E-state index contributed by atoms with van der Waals surface area (Å²) in [5.41, 5.74) is 3.57. The summed E-state index contributed by atoms with van der Waals surface area (Å²) in [5.74, 6) is -0.406. The Morgan fingerprint density at radius 2 is 2.11 bits per heavy atom. The Hall–Kier alpha value is -2.71. The molecular formula is C29H40FN3O4. The molecular weight excluding hydrogens is 473 g/mol. The first-order chi connectivity index (χ1) is 17.9. The number of carbonyl (C=O) groups is 1. The minimum Gasteiger partial charge on any atom is -0.493 e. The molecule has 0 amide bonds. The van der Waals surface area contributed by atoms with Crippen LogP contribution in [0.3, 0.4) is 0 Å². The van der Waals surface area contributed by atoms with Crippen molar-refractivity contribution >= 4 is 11.8 Å². The van der Waals surface area contributed by atoms with Crippen LogP contribution in [-0.2, 0) is 22.4 Å². The van der Waals surface area contributed by atoms with E-state index in [1.54, 1.807) is 6.07 Å². The second kappa shape index (κ2) is 12.7. The molecule has 7 nitrogen and oxygen atoms in total. The number of hydrogen-bond acceptors (Lipinski definition) is 6. The molecule has 2 atom stereocenters. The molecule has 202 valence electrons. The maximum absolute atomic E-state index is 14.7. The number of aryl methyl sites for hydroxylation is 2. The van der Waals surface area contributed by atoms with Crippen LogP contribution in [0.25, 0.3) is 0 Å². The normalized spacial score (nSPS) is 18.5. The standard InChI is InChI=1S/C29H40FN3O4/c1-19(2)21-16-24(27(36-3)25(30)17-21)26(29(34)35)33-14-12-23(18-33)37-15-6-4-5-9-22-11-10-20-8-7-13-31-28(20)32-22/h10-11,16-17,19,23,26H,4-9,12-15,18H2,1-3H3,(H,31,32)(H,34,35)/t23-,26+/m0/s1. The fraction of sp³-hybridized carbons (Fsp3) is 0.586. The molecule has 37 heavy (non-hydrogen) atoms. The van der Waals surface area contributed by atoms with Gasteiger partial charge in [0.25, 0.3) is 0 Å². The minimum atomic E-state index is -1.01. The van der Waals surface area contributed by atoms with Crippen LogP contribution < -0.4 is 10.1 Å². The Balaban J connectivity index is 1.25. The Kier molecular flexibility index (Phi) is 9.38. The van der Waals surface area contributed by atoms with Gasteiger partial charge in [-0.3, -0.25) is 9.69 Å². The summed E-state index contributed by atoms with van der Waals surface area (Å²) in [7, 11) is 1.38. The number of unbranched alkanes of at least 4 members (excludes halogenated alkanes) is 2. The van der Waals surface area contributed by atoms with Crippen molar-refractivity contribution in [1.29, 1.82) is 0 Å². The van der Waals surface area contributed by atoms with Gasteiger partial charge in [-0.15, -0.1) is 0 Å². The van der Waals surface area contributed by atoms with E-state index in [1.807, 2.05) is 18.7 Å². The molecule has 2 aliphatic heterocycles. The van der Waals surface area contributed by atoms with E-state index in [0.717, 1.165) is 62.1 Å². The number of nitrogens with one attached hydrogen (secondary N) is 1. The van der Waals surface area contributed by atoms with E-state index in [4.69, 9.17) is 14.5 Å². The van der Waals surface area contributed by atoms with Crippen LogP contribution >= 0.6 is 0 Å². The molecule has 3 heterocycles. The number of pyridine rings is 1. The van der Waals surface area contributed by atoms with E-state index in [1.165, 1.54) is 25.2 Å². The predicted molar refractivity (Wildman–Crippen MR) is 142 cm³/mol. The smallest absolute Gasteiger partial charge is 0.325 e. The predicted octanol–water partition coefficient (Wildman–Crippen LogP) is 5.34. The first-order valence-electron chi connectivity index (χ1n) is 13.6. The van der Waals surface area contributed by atoms with Gasteiger partial charge in [-0.2, -0.15) is 0 Å². The van der Waals surface area contributed by atoms with Crippen molar-refractivity contribution < 1.29 is 23.8 Å². The molecule has 1 aromatic carbocycles. The van der Waals surface area contributed by atoms with E-state index in [-0.39, 0.29) is 17.8 Å². The molecule has 2 N–H and O–H groups in total. The zero-order chi connectivity index (χ0) is 26.4. The van der Waals surface area contributed by atoms with Crippen molar-refractivity contribution in [3.05, 3.63) is 52.5 Å². The van der Waals surface area contributed by atoms with Crippen LogP contribution in [0.5, 0.6) is 5.75 Å². The third-order valence-corrected chi connectivity index (χ3v) is 7.42. The van der Waals surface area contributed by atoms with E-state index >= 15 is 0 Å². The minimum absolute atomic E-state index is 0.00497. The van der Waals surface area contributed by atoms with Crippen molar-refractivity contribution in [3.8, 4) is 5.75 Å². The summed E-state index contributed by atoms with van der Waals surface area (Å²) in [4.78, 5) is 18.9. The maximum atomic E-state index is 14.7. The summed E-state index contributed by atoms with van der Waals surface area (Å²) in [5, 5.41) is 13.5. The molecule has 1 fully saturated rings. The van der Waals surface area contributed by atoms with Crippen LogP contribution in [0, 0.1) is 5.82 Å². The molecule has 1 aromatic heterocycles. The van der Waals surface area contributed by atoms with Gasteiger partial charge in [0.05, 0.1) is 13.2 Å². The second-order valence-corrected chi connectivity index (χ2v) is 10.4. The molecule has 1 saturated heterocycles. The lowest BCUT2D eigenvalue weighted by atomic mass is 9.95. The van der Waals surface area contributed by atoms with E-state index in [2.05, 4.69) is 17.4 Å². The van der Waals surface area contributed by atoms with Crippen LogP contribution in [0.4, 0.5) is 10.2 Å². The summed E-state index contributed by atoms with van der Waals surface area (Å²) in [6.45, 7) is 6.65. The van der Waals surface area contributed by atoms with Gasteiger partial charge in [0.2, 0.25) is 0 Å². The molecule has 0 saturated carbocycles. The molecule has 0 radical (unpaired) electrons. The number of carboxylic acid groups (broad SMARTS) is 1. The van der Waals surface area contributed by atoms with E-state index in [0.29, 0.717) is 25.3 Å². The number of benzene rings is 1. The molecule has 2 aliphatic rings. The number of hydrogen-bond donors (Lipinski definition) is 2. The second-order valence-electron chi connectivity index (χ2n) is 10.4.